The monoisotopic (exact) mass is 518 g/mol. The molecule has 0 aliphatic heterocycles. The summed E-state index contributed by atoms with van der Waals surface area (Å²) in [5.41, 5.74) is 21.5. The molecule has 4 aromatic rings. The molecule has 0 aromatic heterocycles. The summed E-state index contributed by atoms with van der Waals surface area (Å²) in [5.74, 6) is 1.09. The molecular formula is C37H46N2. The maximum atomic E-state index is 5.90. The normalized spacial score (nSPS) is 13.6. The minimum absolute atomic E-state index is 0.339. The second kappa shape index (κ2) is 14.0. The molecule has 0 saturated carbocycles. The van der Waals surface area contributed by atoms with E-state index in [1.807, 2.05) is 24.3 Å². The average molecular weight is 519 g/mol. The van der Waals surface area contributed by atoms with Crippen LogP contribution in [-0.4, -0.2) is 0 Å². The van der Waals surface area contributed by atoms with Gasteiger partial charge in [-0.25, -0.2) is 0 Å². The van der Waals surface area contributed by atoms with Gasteiger partial charge in [-0.05, 0) is 64.1 Å². The first-order valence-corrected chi connectivity index (χ1v) is 14.9. The van der Waals surface area contributed by atoms with Crippen molar-refractivity contribution in [2.75, 3.05) is 11.5 Å². The topological polar surface area (TPSA) is 52.0 Å². The maximum Gasteiger partial charge on any atom is 0.0314 e. The number of nitrogen functional groups attached to an aromatic ring is 2. The summed E-state index contributed by atoms with van der Waals surface area (Å²) >= 11 is 0. The molecule has 4 rings (SSSR count). The number of anilines is 2. The smallest absolute Gasteiger partial charge is 0.0314 e. The van der Waals surface area contributed by atoms with Crippen LogP contribution in [0, 0.1) is 0 Å². The number of rotatable bonds is 13. The molecule has 2 atom stereocenters. The van der Waals surface area contributed by atoms with E-state index in [0.29, 0.717) is 17.8 Å². The van der Waals surface area contributed by atoms with E-state index in [0.717, 1.165) is 11.4 Å². The average Bonchev–Trinajstić information content (AvgIpc) is 2.97. The van der Waals surface area contributed by atoms with Crippen LogP contribution in [0.5, 0.6) is 0 Å². The molecule has 0 bridgehead atoms. The van der Waals surface area contributed by atoms with Crippen molar-refractivity contribution in [3.63, 3.8) is 0 Å². The Kier molecular flexibility index (Phi) is 10.3. The lowest BCUT2D eigenvalue weighted by molar-refractivity contribution is 0.568. The Labute approximate surface area is 236 Å². The molecule has 0 radical (unpaired) electrons. The molecule has 39 heavy (non-hydrogen) atoms. The molecule has 0 saturated heterocycles. The largest absolute Gasteiger partial charge is 0.399 e. The summed E-state index contributed by atoms with van der Waals surface area (Å²) in [6.45, 7) is 6.83. The zero-order valence-corrected chi connectivity index (χ0v) is 24.1. The molecule has 0 fully saturated rings. The SMILES string of the molecule is CCCCCCCCC(c1ccc(C(C)c2ccc(N)cc2)cc1)c1ccc(C(C)c2ccc(N)cc2)cc1. The van der Waals surface area contributed by atoms with Gasteiger partial charge in [0.15, 0.2) is 0 Å². The van der Waals surface area contributed by atoms with Gasteiger partial charge in [-0.3, -0.25) is 0 Å². The van der Waals surface area contributed by atoms with E-state index in [1.165, 1.54) is 78.3 Å². The summed E-state index contributed by atoms with van der Waals surface area (Å²) in [6, 6.07) is 35.3. The molecule has 4 aromatic carbocycles. The first-order valence-electron chi connectivity index (χ1n) is 14.9. The van der Waals surface area contributed by atoms with E-state index in [9.17, 15) is 0 Å². The molecule has 2 nitrogen and oxygen atoms in total. The number of hydrogen-bond donors (Lipinski definition) is 2. The van der Waals surface area contributed by atoms with Gasteiger partial charge in [0.2, 0.25) is 0 Å². The van der Waals surface area contributed by atoms with Gasteiger partial charge in [-0.2, -0.15) is 0 Å². The van der Waals surface area contributed by atoms with Crippen LogP contribution in [0.25, 0.3) is 0 Å². The number of benzene rings is 4. The number of unbranched alkanes of at least 4 members (excludes halogenated alkanes) is 5. The zero-order valence-electron chi connectivity index (χ0n) is 24.1. The van der Waals surface area contributed by atoms with Crippen LogP contribution in [0.4, 0.5) is 11.4 Å². The van der Waals surface area contributed by atoms with Crippen LogP contribution in [0.3, 0.4) is 0 Å². The summed E-state index contributed by atoms with van der Waals surface area (Å²) in [4.78, 5) is 0. The first kappa shape index (κ1) is 28.5. The molecule has 0 aliphatic carbocycles. The highest BCUT2D eigenvalue weighted by atomic mass is 14.5. The van der Waals surface area contributed by atoms with Gasteiger partial charge in [0.1, 0.15) is 0 Å². The summed E-state index contributed by atoms with van der Waals surface area (Å²) < 4.78 is 0. The third-order valence-electron chi connectivity index (χ3n) is 8.40. The molecule has 0 spiro atoms. The van der Waals surface area contributed by atoms with E-state index in [4.69, 9.17) is 11.5 Å². The molecule has 2 unspecified atom stereocenters. The first-order chi connectivity index (χ1) is 19.0. The Morgan fingerprint density at radius 2 is 0.744 bits per heavy atom. The zero-order chi connectivity index (χ0) is 27.6. The van der Waals surface area contributed by atoms with E-state index in [1.54, 1.807) is 0 Å². The van der Waals surface area contributed by atoms with Gasteiger partial charge in [0.05, 0.1) is 0 Å². The lowest BCUT2D eigenvalue weighted by Gasteiger charge is -2.21. The fraction of sp³-hybridized carbons (Fsp3) is 0.351. The molecule has 0 amide bonds. The maximum absolute atomic E-state index is 5.90. The lowest BCUT2D eigenvalue weighted by Crippen LogP contribution is -2.04. The predicted molar refractivity (Wildman–Crippen MR) is 169 cm³/mol. The van der Waals surface area contributed by atoms with Crippen molar-refractivity contribution in [2.24, 2.45) is 0 Å². The highest BCUT2D eigenvalue weighted by molar-refractivity contribution is 5.45. The minimum atomic E-state index is 0.339. The molecular weight excluding hydrogens is 472 g/mol. The Morgan fingerprint density at radius 3 is 1.13 bits per heavy atom. The quantitative estimate of drug-likeness (QED) is 0.137. The van der Waals surface area contributed by atoms with Gasteiger partial charge in [-0.1, -0.05) is 132 Å². The van der Waals surface area contributed by atoms with Crippen molar-refractivity contribution in [1.29, 1.82) is 0 Å². The van der Waals surface area contributed by atoms with E-state index in [2.05, 4.69) is 93.6 Å². The summed E-state index contributed by atoms with van der Waals surface area (Å²) in [5, 5.41) is 0. The van der Waals surface area contributed by atoms with Crippen molar-refractivity contribution in [2.45, 2.75) is 83.5 Å². The Bertz CT molecular complexity index is 1160. The van der Waals surface area contributed by atoms with Gasteiger partial charge in [0.25, 0.3) is 0 Å². The fourth-order valence-electron chi connectivity index (χ4n) is 5.64. The van der Waals surface area contributed by atoms with Crippen LogP contribution >= 0.6 is 0 Å². The molecule has 2 heteroatoms. The summed E-state index contributed by atoms with van der Waals surface area (Å²) in [6.07, 6.45) is 9.12. The highest BCUT2D eigenvalue weighted by Crippen LogP contribution is 2.34. The van der Waals surface area contributed by atoms with Crippen molar-refractivity contribution in [3.05, 3.63) is 130 Å². The van der Waals surface area contributed by atoms with Crippen LogP contribution in [0.1, 0.15) is 117 Å². The van der Waals surface area contributed by atoms with Crippen LogP contribution < -0.4 is 11.5 Å². The van der Waals surface area contributed by atoms with E-state index in [-0.39, 0.29) is 0 Å². The Morgan fingerprint density at radius 1 is 0.436 bits per heavy atom. The standard InChI is InChI=1S/C37H46N2/c1-4-5-6-7-8-9-10-37(33-15-11-29(12-16-33)27(2)31-19-23-35(38)24-20-31)34-17-13-30(14-18-34)28(3)32-21-25-36(39)26-22-32/h11-28,37H,4-10,38-39H2,1-3H3. The third-order valence-corrected chi connectivity index (χ3v) is 8.40. The predicted octanol–water partition coefficient (Wildman–Crippen LogP) is 10.0. The van der Waals surface area contributed by atoms with Crippen LogP contribution in [-0.2, 0) is 0 Å². The highest BCUT2D eigenvalue weighted by Gasteiger charge is 2.17. The molecule has 0 heterocycles. The van der Waals surface area contributed by atoms with Gasteiger partial charge in [0, 0.05) is 29.1 Å². The Hall–Kier alpha value is -3.52. The fourth-order valence-corrected chi connectivity index (χ4v) is 5.64. The van der Waals surface area contributed by atoms with E-state index < -0.39 is 0 Å². The second-order valence-corrected chi connectivity index (χ2v) is 11.2. The lowest BCUT2D eigenvalue weighted by atomic mass is 9.83. The van der Waals surface area contributed by atoms with Gasteiger partial charge < -0.3 is 11.5 Å². The number of hydrogen-bond acceptors (Lipinski definition) is 2. The van der Waals surface area contributed by atoms with Crippen molar-refractivity contribution >= 4 is 11.4 Å². The molecule has 4 N–H and O–H groups in total. The van der Waals surface area contributed by atoms with Gasteiger partial charge >= 0.3 is 0 Å². The van der Waals surface area contributed by atoms with Crippen molar-refractivity contribution < 1.29 is 0 Å². The number of nitrogens with two attached hydrogens (primary N) is 2. The van der Waals surface area contributed by atoms with Crippen LogP contribution in [0.15, 0.2) is 97.1 Å². The van der Waals surface area contributed by atoms with Crippen LogP contribution in [0.2, 0.25) is 0 Å². The van der Waals surface area contributed by atoms with Crippen molar-refractivity contribution in [1.82, 2.24) is 0 Å². The van der Waals surface area contributed by atoms with Crippen molar-refractivity contribution in [3.8, 4) is 0 Å². The van der Waals surface area contributed by atoms with Gasteiger partial charge in [-0.15, -0.1) is 0 Å². The third kappa shape index (κ3) is 7.76. The molecule has 204 valence electrons. The minimum Gasteiger partial charge on any atom is -0.399 e. The Balaban J connectivity index is 1.52. The second-order valence-electron chi connectivity index (χ2n) is 11.2. The molecule has 0 aliphatic rings. The summed E-state index contributed by atoms with van der Waals surface area (Å²) in [7, 11) is 0. The van der Waals surface area contributed by atoms with E-state index >= 15 is 0 Å².